The zero-order chi connectivity index (χ0) is 15.0. The highest BCUT2D eigenvalue weighted by molar-refractivity contribution is 7.18. The molecule has 0 spiro atoms. The Bertz CT molecular complexity index is 422. The Morgan fingerprint density at radius 3 is 2.85 bits per heavy atom. The first-order valence-electron chi connectivity index (χ1n) is 6.55. The van der Waals surface area contributed by atoms with Crippen molar-refractivity contribution in [2.45, 2.75) is 6.92 Å². The molecule has 1 rings (SSSR count). The average Bonchev–Trinajstić information content (AvgIpc) is 2.74. The van der Waals surface area contributed by atoms with E-state index in [9.17, 15) is 4.79 Å². The quantitative estimate of drug-likeness (QED) is 0.574. The van der Waals surface area contributed by atoms with Crippen LogP contribution >= 0.6 is 11.3 Å². The average molecular weight is 301 g/mol. The maximum Gasteiger partial charge on any atom is 0.265 e. The molecular weight excluding hydrogens is 278 g/mol. The zero-order valence-electron chi connectivity index (χ0n) is 12.2. The zero-order valence-corrected chi connectivity index (χ0v) is 13.0. The fraction of sp³-hybridized carbons (Fsp3) is 0.667. The number of anilines is 2. The lowest BCUT2D eigenvalue weighted by Crippen LogP contribution is -2.28. The van der Waals surface area contributed by atoms with E-state index in [-0.39, 0.29) is 11.7 Å². The number of carbonyl (C=O) groups is 1. The molecule has 0 aliphatic rings. The summed E-state index contributed by atoms with van der Waals surface area (Å²) in [5, 5.41) is 6.47. The van der Waals surface area contributed by atoms with Crippen LogP contribution in [-0.4, -0.2) is 62.7 Å². The third-order valence-corrected chi connectivity index (χ3v) is 3.43. The molecular formula is C12H23N5O2S. The molecule has 0 unspecified atom stereocenters. The van der Waals surface area contributed by atoms with E-state index in [1.807, 2.05) is 25.9 Å². The summed E-state index contributed by atoms with van der Waals surface area (Å²) in [7, 11) is 3.97. The number of carbonyl (C=O) groups excluding carboxylic acids is 1. The molecule has 114 valence electrons. The van der Waals surface area contributed by atoms with Gasteiger partial charge in [-0.1, -0.05) is 11.3 Å². The van der Waals surface area contributed by atoms with Gasteiger partial charge in [-0.2, -0.15) is 0 Å². The molecule has 7 nitrogen and oxygen atoms in total. The van der Waals surface area contributed by atoms with Crippen molar-refractivity contribution in [2.24, 2.45) is 0 Å². The predicted molar refractivity (Wildman–Crippen MR) is 82.4 cm³/mol. The lowest BCUT2D eigenvalue weighted by atomic mass is 10.4. The van der Waals surface area contributed by atoms with Gasteiger partial charge in [0.2, 0.25) is 0 Å². The Hall–Kier alpha value is -1.38. The summed E-state index contributed by atoms with van der Waals surface area (Å²) in [6, 6.07) is 0. The Balaban J connectivity index is 2.28. The maximum absolute atomic E-state index is 11.9. The summed E-state index contributed by atoms with van der Waals surface area (Å²) in [5.74, 6) is 0.0531. The van der Waals surface area contributed by atoms with Crippen LogP contribution < -0.4 is 16.4 Å². The van der Waals surface area contributed by atoms with Gasteiger partial charge in [-0.25, -0.2) is 4.98 Å². The number of nitrogens with zero attached hydrogens (tertiary/aromatic N) is 2. The fourth-order valence-corrected chi connectivity index (χ4v) is 2.26. The Morgan fingerprint density at radius 1 is 1.45 bits per heavy atom. The monoisotopic (exact) mass is 301 g/mol. The highest BCUT2D eigenvalue weighted by atomic mass is 32.1. The minimum absolute atomic E-state index is 0.208. The van der Waals surface area contributed by atoms with Gasteiger partial charge in [-0.3, -0.25) is 4.79 Å². The van der Waals surface area contributed by atoms with Crippen molar-refractivity contribution in [3.05, 3.63) is 4.88 Å². The smallest absolute Gasteiger partial charge is 0.265 e. The fourth-order valence-electron chi connectivity index (χ4n) is 1.39. The second-order valence-corrected chi connectivity index (χ2v) is 5.43. The molecule has 1 heterocycles. The maximum atomic E-state index is 11.9. The molecule has 0 fully saturated rings. The van der Waals surface area contributed by atoms with Crippen LogP contribution in [0.3, 0.4) is 0 Å². The van der Waals surface area contributed by atoms with Gasteiger partial charge in [0.05, 0.1) is 13.2 Å². The highest BCUT2D eigenvalue weighted by Gasteiger charge is 2.15. The second kappa shape index (κ2) is 8.72. The number of nitrogen functional groups attached to an aromatic ring is 1. The molecule has 0 saturated heterocycles. The Kier molecular flexibility index (Phi) is 7.27. The van der Waals surface area contributed by atoms with Gasteiger partial charge in [0.1, 0.15) is 10.7 Å². The van der Waals surface area contributed by atoms with Crippen LogP contribution in [0, 0.1) is 0 Å². The van der Waals surface area contributed by atoms with Gasteiger partial charge in [0, 0.05) is 19.6 Å². The van der Waals surface area contributed by atoms with Crippen LogP contribution in [0.4, 0.5) is 10.9 Å². The van der Waals surface area contributed by atoms with Crippen molar-refractivity contribution >= 4 is 28.2 Å². The minimum atomic E-state index is -0.208. The number of ether oxygens (including phenoxy) is 1. The van der Waals surface area contributed by atoms with Crippen molar-refractivity contribution < 1.29 is 9.53 Å². The Labute approximate surface area is 123 Å². The molecule has 4 N–H and O–H groups in total. The molecule has 1 aromatic heterocycles. The number of hydrogen-bond acceptors (Lipinski definition) is 7. The molecule has 1 aromatic rings. The van der Waals surface area contributed by atoms with E-state index in [2.05, 4.69) is 15.6 Å². The largest absolute Gasteiger partial charge is 0.382 e. The number of nitrogens with one attached hydrogen (secondary N) is 2. The van der Waals surface area contributed by atoms with E-state index in [0.717, 1.165) is 13.1 Å². The lowest BCUT2D eigenvalue weighted by Gasteiger charge is -2.10. The normalized spacial score (nSPS) is 10.8. The molecule has 0 bridgehead atoms. The van der Waals surface area contributed by atoms with Gasteiger partial charge in [-0.15, -0.1) is 0 Å². The first kappa shape index (κ1) is 16.7. The van der Waals surface area contributed by atoms with Gasteiger partial charge < -0.3 is 26.0 Å². The van der Waals surface area contributed by atoms with Crippen LogP contribution in [0.1, 0.15) is 16.6 Å². The summed E-state index contributed by atoms with van der Waals surface area (Å²) in [6.07, 6.45) is 0. The number of aromatic nitrogens is 1. The first-order valence-corrected chi connectivity index (χ1v) is 7.37. The van der Waals surface area contributed by atoms with E-state index in [4.69, 9.17) is 10.5 Å². The third kappa shape index (κ3) is 5.72. The van der Waals surface area contributed by atoms with Crippen molar-refractivity contribution in [3.8, 4) is 0 Å². The number of thiazole rings is 1. The van der Waals surface area contributed by atoms with E-state index in [1.165, 1.54) is 11.3 Å². The van der Waals surface area contributed by atoms with Gasteiger partial charge in [-0.05, 0) is 21.0 Å². The van der Waals surface area contributed by atoms with E-state index in [0.29, 0.717) is 29.8 Å². The Morgan fingerprint density at radius 2 is 2.20 bits per heavy atom. The standard InChI is InChI=1S/C12H23N5O2S/c1-4-14-12-16-10(13)9(20-12)11(18)15-5-7-19-8-6-17(2)3/h4-8,13H2,1-3H3,(H,14,16)(H,15,18). The molecule has 8 heteroatoms. The topological polar surface area (TPSA) is 92.5 Å². The molecule has 0 atom stereocenters. The number of likely N-dealkylation sites (N-methyl/N-ethyl adjacent to an activating group) is 1. The van der Waals surface area contributed by atoms with Crippen LogP contribution in [0.15, 0.2) is 0 Å². The first-order chi connectivity index (χ1) is 9.54. The van der Waals surface area contributed by atoms with E-state index >= 15 is 0 Å². The van der Waals surface area contributed by atoms with Gasteiger partial charge >= 0.3 is 0 Å². The summed E-state index contributed by atoms with van der Waals surface area (Å²) in [6.45, 7) is 5.16. The SMILES string of the molecule is CCNc1nc(N)c(C(=O)NCCOCCN(C)C)s1. The molecule has 20 heavy (non-hydrogen) atoms. The van der Waals surface area contributed by atoms with Crippen molar-refractivity contribution in [1.82, 2.24) is 15.2 Å². The second-order valence-electron chi connectivity index (χ2n) is 4.44. The molecule has 1 amide bonds. The minimum Gasteiger partial charge on any atom is -0.382 e. The highest BCUT2D eigenvalue weighted by Crippen LogP contribution is 2.24. The van der Waals surface area contributed by atoms with Crippen LogP contribution in [0.2, 0.25) is 0 Å². The van der Waals surface area contributed by atoms with E-state index in [1.54, 1.807) is 0 Å². The van der Waals surface area contributed by atoms with Crippen LogP contribution in [-0.2, 0) is 4.74 Å². The number of rotatable bonds is 9. The van der Waals surface area contributed by atoms with Gasteiger partial charge in [0.15, 0.2) is 5.13 Å². The van der Waals surface area contributed by atoms with Crippen molar-refractivity contribution in [2.75, 3.05) is 58.0 Å². The molecule has 0 aliphatic carbocycles. The number of nitrogens with two attached hydrogens (primary N) is 1. The lowest BCUT2D eigenvalue weighted by molar-refractivity contribution is 0.0904. The molecule has 0 aromatic carbocycles. The van der Waals surface area contributed by atoms with Crippen LogP contribution in [0.5, 0.6) is 0 Å². The summed E-state index contributed by atoms with van der Waals surface area (Å²) < 4.78 is 5.39. The molecule has 0 radical (unpaired) electrons. The third-order valence-electron chi connectivity index (χ3n) is 2.40. The van der Waals surface area contributed by atoms with Crippen molar-refractivity contribution in [1.29, 1.82) is 0 Å². The van der Waals surface area contributed by atoms with Crippen LogP contribution in [0.25, 0.3) is 0 Å². The number of amides is 1. The summed E-state index contributed by atoms with van der Waals surface area (Å²) >= 11 is 1.26. The molecule has 0 aliphatic heterocycles. The van der Waals surface area contributed by atoms with Crippen molar-refractivity contribution in [3.63, 3.8) is 0 Å². The number of hydrogen-bond donors (Lipinski definition) is 3. The summed E-state index contributed by atoms with van der Waals surface area (Å²) in [4.78, 5) is 18.5. The van der Waals surface area contributed by atoms with E-state index < -0.39 is 0 Å². The summed E-state index contributed by atoms with van der Waals surface area (Å²) in [5.41, 5.74) is 5.72. The molecule has 0 saturated carbocycles. The predicted octanol–water partition coefficient (Wildman–Crippen LogP) is 0.465. The van der Waals surface area contributed by atoms with Gasteiger partial charge in [0.25, 0.3) is 5.91 Å².